The Kier molecular flexibility index (Phi) is 7.26. The van der Waals surface area contributed by atoms with E-state index in [0.717, 1.165) is 6.07 Å². The van der Waals surface area contributed by atoms with Crippen molar-refractivity contribution in [1.29, 1.82) is 5.41 Å². The second-order valence-electron chi connectivity index (χ2n) is 9.17. The number of rotatable bonds is 6. The van der Waals surface area contributed by atoms with Crippen molar-refractivity contribution >= 4 is 5.91 Å². The molecule has 10 heteroatoms. The van der Waals surface area contributed by atoms with Gasteiger partial charge in [-0.3, -0.25) is 10.2 Å². The molecule has 38 heavy (non-hydrogen) atoms. The number of hydrogen-bond donors (Lipinski definition) is 2. The fourth-order valence-corrected chi connectivity index (χ4v) is 4.26. The average molecular weight is 529 g/mol. The molecule has 3 aromatic carbocycles. The fourth-order valence-electron chi connectivity index (χ4n) is 4.26. The Bertz CT molecular complexity index is 1570. The number of halogens is 5. The highest BCUT2D eigenvalue weighted by Crippen LogP contribution is 2.33. The lowest BCUT2D eigenvalue weighted by atomic mass is 9.95. The molecule has 0 bridgehead atoms. The average Bonchev–Trinajstić information content (AvgIpc) is 3.15. The Morgan fingerprint density at radius 3 is 2.39 bits per heavy atom. The summed E-state index contributed by atoms with van der Waals surface area (Å²) < 4.78 is 70.3. The molecule has 0 aliphatic rings. The zero-order chi connectivity index (χ0) is 27.8. The van der Waals surface area contributed by atoms with Gasteiger partial charge in [0, 0.05) is 25.0 Å². The Balaban J connectivity index is 1.70. The van der Waals surface area contributed by atoms with Gasteiger partial charge >= 0.3 is 6.18 Å². The molecule has 0 fully saturated rings. The highest BCUT2D eigenvalue weighted by molar-refractivity contribution is 5.96. The molecule has 198 valence electrons. The first-order chi connectivity index (χ1) is 17.8. The summed E-state index contributed by atoms with van der Waals surface area (Å²) in [5.41, 5.74) is 1.85. The third kappa shape index (κ3) is 5.69. The van der Waals surface area contributed by atoms with E-state index in [1.165, 1.54) is 25.1 Å². The van der Waals surface area contributed by atoms with Crippen LogP contribution in [-0.2, 0) is 19.8 Å². The van der Waals surface area contributed by atoms with Gasteiger partial charge in [0.25, 0.3) is 5.91 Å². The molecule has 1 aromatic heterocycles. The summed E-state index contributed by atoms with van der Waals surface area (Å²) in [6.07, 6.45) is -1.41. The molecule has 0 saturated heterocycles. The number of benzene rings is 3. The zero-order valence-corrected chi connectivity index (χ0v) is 20.8. The van der Waals surface area contributed by atoms with E-state index in [2.05, 4.69) is 5.32 Å². The molecule has 0 radical (unpaired) electrons. The Morgan fingerprint density at radius 1 is 1.03 bits per heavy atom. The molecule has 4 aromatic rings. The summed E-state index contributed by atoms with van der Waals surface area (Å²) in [4.78, 5) is 13.3. The lowest BCUT2D eigenvalue weighted by molar-refractivity contribution is -0.140. The molecule has 0 spiro atoms. The van der Waals surface area contributed by atoms with E-state index in [9.17, 15) is 26.7 Å². The largest absolute Gasteiger partial charge is 0.419 e. The smallest absolute Gasteiger partial charge is 0.346 e. The zero-order valence-electron chi connectivity index (χ0n) is 20.8. The maximum absolute atomic E-state index is 13.7. The minimum absolute atomic E-state index is 0.0940. The van der Waals surface area contributed by atoms with Crippen molar-refractivity contribution in [2.24, 2.45) is 7.05 Å². The summed E-state index contributed by atoms with van der Waals surface area (Å²) in [6, 6.07) is 11.2. The number of nitrogens with zero attached hydrogens (tertiary/aromatic N) is 2. The number of hydrogen-bond acceptors (Lipinski definition) is 2. The molecule has 5 nitrogen and oxygen atoms in total. The molecular formula is C28H25F5N4O. The van der Waals surface area contributed by atoms with Crippen LogP contribution in [0.25, 0.3) is 11.1 Å². The molecule has 1 unspecified atom stereocenters. The van der Waals surface area contributed by atoms with Gasteiger partial charge in [0.2, 0.25) is 5.62 Å². The predicted octanol–water partition coefficient (Wildman–Crippen LogP) is 6.12. The van der Waals surface area contributed by atoms with Crippen molar-refractivity contribution < 1.29 is 26.7 Å². The van der Waals surface area contributed by atoms with E-state index in [4.69, 9.17) is 5.41 Å². The molecule has 2 N–H and O–H groups in total. The van der Waals surface area contributed by atoms with Crippen LogP contribution >= 0.6 is 0 Å². The number of aromatic nitrogens is 2. The van der Waals surface area contributed by atoms with Crippen LogP contribution in [0.4, 0.5) is 22.0 Å². The molecule has 1 atom stereocenters. The number of carbonyl (C=O) groups excluding carboxylic acids is 1. The Labute approximate surface area is 215 Å². The first kappa shape index (κ1) is 26.8. The predicted molar refractivity (Wildman–Crippen MR) is 132 cm³/mol. The maximum Gasteiger partial charge on any atom is 0.419 e. The lowest BCUT2D eigenvalue weighted by Gasteiger charge is -2.18. The van der Waals surface area contributed by atoms with Gasteiger partial charge in [-0.2, -0.15) is 13.2 Å². The first-order valence-corrected chi connectivity index (χ1v) is 11.7. The van der Waals surface area contributed by atoms with E-state index in [0.29, 0.717) is 28.3 Å². The van der Waals surface area contributed by atoms with Crippen molar-refractivity contribution in [1.82, 2.24) is 14.5 Å². The first-order valence-electron chi connectivity index (χ1n) is 11.7. The van der Waals surface area contributed by atoms with Gasteiger partial charge < -0.3 is 14.5 Å². The van der Waals surface area contributed by atoms with Crippen molar-refractivity contribution in [2.45, 2.75) is 32.6 Å². The summed E-state index contributed by atoms with van der Waals surface area (Å²) in [7, 11) is 1.73. The van der Waals surface area contributed by atoms with E-state index >= 15 is 0 Å². The minimum Gasteiger partial charge on any atom is -0.346 e. The quantitative estimate of drug-likeness (QED) is 0.291. The van der Waals surface area contributed by atoms with Crippen LogP contribution in [-0.4, -0.2) is 15.0 Å². The molecular weight excluding hydrogens is 503 g/mol. The van der Waals surface area contributed by atoms with Crippen LogP contribution < -0.4 is 10.9 Å². The maximum atomic E-state index is 13.7. The summed E-state index contributed by atoms with van der Waals surface area (Å²) in [6.45, 7) is 3.52. The normalized spacial score (nSPS) is 12.4. The molecule has 0 saturated carbocycles. The molecule has 0 aliphatic heterocycles. The number of nitrogens with one attached hydrogen (secondary N) is 2. The van der Waals surface area contributed by atoms with Gasteiger partial charge in [0.1, 0.15) is 11.6 Å². The van der Waals surface area contributed by atoms with Gasteiger partial charge in [-0.25, -0.2) is 8.78 Å². The molecule has 0 aliphatic carbocycles. The third-order valence-corrected chi connectivity index (χ3v) is 6.33. The molecule has 1 heterocycles. The minimum atomic E-state index is -4.87. The number of alkyl halides is 3. The fraction of sp³-hybridized carbons (Fsp3) is 0.214. The van der Waals surface area contributed by atoms with Crippen molar-refractivity contribution in [3.05, 3.63) is 112 Å². The van der Waals surface area contributed by atoms with Crippen LogP contribution in [0.1, 0.15) is 45.6 Å². The van der Waals surface area contributed by atoms with Gasteiger partial charge in [-0.1, -0.05) is 12.1 Å². The van der Waals surface area contributed by atoms with Crippen molar-refractivity contribution in [2.75, 3.05) is 0 Å². The number of amides is 1. The number of imidazole rings is 1. The second-order valence-corrected chi connectivity index (χ2v) is 9.17. The lowest BCUT2D eigenvalue weighted by Crippen LogP contribution is -2.27. The van der Waals surface area contributed by atoms with Crippen LogP contribution in [0.3, 0.4) is 0 Å². The van der Waals surface area contributed by atoms with Gasteiger partial charge in [0.15, 0.2) is 0 Å². The van der Waals surface area contributed by atoms with Crippen LogP contribution in [0, 0.1) is 24.0 Å². The standard InChI is InChI=1S/C28H25F5N4O/c1-16-10-22(29)5-6-23(16)20-11-18(15-37-9-8-36(3)27(37)34)12-21(13-20)26(38)35-17(2)19-4-7-25(30)24(14-19)28(31,32)33/h4-14,17,34H,15H2,1-3H3,(H,35,38). The summed E-state index contributed by atoms with van der Waals surface area (Å²) in [5, 5.41) is 10.9. The monoisotopic (exact) mass is 528 g/mol. The summed E-state index contributed by atoms with van der Waals surface area (Å²) >= 11 is 0. The van der Waals surface area contributed by atoms with Crippen LogP contribution in [0.15, 0.2) is 67.0 Å². The Morgan fingerprint density at radius 2 is 1.76 bits per heavy atom. The number of aryl methyl sites for hydroxylation is 2. The SMILES string of the molecule is Cc1cc(F)ccc1-c1cc(Cn2ccn(C)c2=N)cc(C(=O)NC(C)c2ccc(F)c(C(F)(F)F)c2)c1. The summed E-state index contributed by atoms with van der Waals surface area (Å²) in [5.74, 6) is -2.34. The van der Waals surface area contributed by atoms with Crippen molar-refractivity contribution in [3.63, 3.8) is 0 Å². The molecule has 1 amide bonds. The van der Waals surface area contributed by atoms with Crippen LogP contribution in [0.2, 0.25) is 0 Å². The van der Waals surface area contributed by atoms with Gasteiger partial charge in [0.05, 0.1) is 18.2 Å². The van der Waals surface area contributed by atoms with E-state index in [1.54, 1.807) is 53.7 Å². The Hall–Kier alpha value is -4.21. The topological polar surface area (TPSA) is 62.8 Å². The van der Waals surface area contributed by atoms with E-state index in [-0.39, 0.29) is 23.3 Å². The van der Waals surface area contributed by atoms with Gasteiger partial charge in [-0.05, 0) is 84.1 Å². The second kappa shape index (κ2) is 10.3. The highest BCUT2D eigenvalue weighted by Gasteiger charge is 2.34. The number of carbonyl (C=O) groups is 1. The van der Waals surface area contributed by atoms with E-state index in [1.807, 2.05) is 6.07 Å². The van der Waals surface area contributed by atoms with Crippen molar-refractivity contribution in [3.8, 4) is 11.1 Å². The third-order valence-electron chi connectivity index (χ3n) is 6.33. The van der Waals surface area contributed by atoms with Gasteiger partial charge in [-0.15, -0.1) is 0 Å². The van der Waals surface area contributed by atoms with E-state index < -0.39 is 35.3 Å². The highest BCUT2D eigenvalue weighted by atomic mass is 19.4. The molecule has 4 rings (SSSR count). The van der Waals surface area contributed by atoms with Crippen LogP contribution in [0.5, 0.6) is 0 Å².